The average molecular weight is 276 g/mol. The second-order valence-corrected chi connectivity index (χ2v) is 9.75. The first-order valence-corrected chi connectivity index (χ1v) is 8.19. The lowest BCUT2D eigenvalue weighted by molar-refractivity contribution is 0.116. The molecule has 2 fully saturated rings. The highest BCUT2D eigenvalue weighted by Gasteiger charge is 2.57. The van der Waals surface area contributed by atoms with Crippen molar-refractivity contribution in [2.45, 2.75) is 79.3 Å². The van der Waals surface area contributed by atoms with Crippen LogP contribution in [0.15, 0.2) is 11.4 Å². The lowest BCUT2D eigenvalue weighted by Crippen LogP contribution is -2.50. The van der Waals surface area contributed by atoms with E-state index in [0.29, 0.717) is 21.9 Å². The number of hydrogen-bond acceptors (Lipinski definition) is 2. The van der Waals surface area contributed by atoms with Gasteiger partial charge in [0.15, 0.2) is 0 Å². The minimum Gasteiger partial charge on any atom is -0.366 e. The molecule has 0 aliphatic carbocycles. The maximum atomic E-state index is 2.72. The van der Waals surface area contributed by atoms with Crippen molar-refractivity contribution < 1.29 is 0 Å². The van der Waals surface area contributed by atoms with Gasteiger partial charge in [0.25, 0.3) is 0 Å². The Morgan fingerprint density at radius 2 is 0.900 bits per heavy atom. The van der Waals surface area contributed by atoms with Gasteiger partial charge < -0.3 is 9.80 Å². The molecule has 3 heterocycles. The number of allylic oxidation sites excluding steroid dienone is 2. The van der Waals surface area contributed by atoms with Gasteiger partial charge in [-0.1, -0.05) is 27.7 Å². The van der Waals surface area contributed by atoms with Gasteiger partial charge in [0.05, 0.1) is 0 Å². The number of fused-ring (bicyclic) bond motifs is 2. The van der Waals surface area contributed by atoms with E-state index >= 15 is 0 Å². The first kappa shape index (κ1) is 14.3. The van der Waals surface area contributed by atoms with Crippen LogP contribution >= 0.6 is 0 Å². The first-order valence-electron chi connectivity index (χ1n) is 8.19. The maximum absolute atomic E-state index is 2.72. The fourth-order valence-corrected chi connectivity index (χ4v) is 5.78. The molecule has 0 amide bonds. The Morgan fingerprint density at radius 3 is 1.20 bits per heavy atom. The van der Waals surface area contributed by atoms with Gasteiger partial charge in [-0.15, -0.1) is 0 Å². The van der Waals surface area contributed by atoms with E-state index in [1.54, 1.807) is 11.4 Å². The summed E-state index contributed by atoms with van der Waals surface area (Å²) in [6, 6.07) is 0. The Balaban J connectivity index is 2.24. The van der Waals surface area contributed by atoms with E-state index in [9.17, 15) is 0 Å². The summed E-state index contributed by atoms with van der Waals surface area (Å²) in [5.74, 6) is 0. The maximum Gasteiger partial charge on any atom is 0.0396 e. The molecule has 0 atom stereocenters. The van der Waals surface area contributed by atoms with Crippen LogP contribution in [0.25, 0.3) is 0 Å². The van der Waals surface area contributed by atoms with E-state index < -0.39 is 0 Å². The summed E-state index contributed by atoms with van der Waals surface area (Å²) in [5, 5.41) is 0. The molecule has 0 unspecified atom stereocenters. The molecule has 2 heteroatoms. The Morgan fingerprint density at radius 1 is 0.600 bits per heavy atom. The third-order valence-corrected chi connectivity index (χ3v) is 5.80. The highest BCUT2D eigenvalue weighted by molar-refractivity contribution is 5.36. The molecule has 20 heavy (non-hydrogen) atoms. The van der Waals surface area contributed by atoms with Crippen LogP contribution in [0.3, 0.4) is 0 Å². The molecule has 0 radical (unpaired) electrons. The highest BCUT2D eigenvalue weighted by atomic mass is 15.4. The lowest BCUT2D eigenvalue weighted by atomic mass is 9.78. The van der Waals surface area contributed by atoms with E-state index in [0.717, 1.165) is 0 Å². The SMILES string of the molecule is CC1(C)CC(C)(C)N2CCN3C(=C21)C(C)(C)CC3(C)C. The first-order chi connectivity index (χ1) is 8.89. The van der Waals surface area contributed by atoms with Crippen molar-refractivity contribution in [3.8, 4) is 0 Å². The number of hydrogen-bond donors (Lipinski definition) is 0. The zero-order chi connectivity index (χ0) is 15.1. The lowest BCUT2D eigenvalue weighted by Gasteiger charge is -2.47. The van der Waals surface area contributed by atoms with Crippen molar-refractivity contribution in [3.63, 3.8) is 0 Å². The molecule has 3 aliphatic rings. The predicted molar refractivity (Wildman–Crippen MR) is 85.4 cm³/mol. The minimum absolute atomic E-state index is 0.301. The molecule has 3 aliphatic heterocycles. The summed E-state index contributed by atoms with van der Waals surface area (Å²) in [4.78, 5) is 5.45. The van der Waals surface area contributed by atoms with Crippen LogP contribution in [0.1, 0.15) is 68.2 Å². The fourth-order valence-electron chi connectivity index (χ4n) is 5.78. The molecule has 0 bridgehead atoms. The molecule has 0 N–H and O–H groups in total. The summed E-state index contributed by atoms with van der Waals surface area (Å²) in [5.41, 5.74) is 4.50. The second kappa shape index (κ2) is 3.56. The van der Waals surface area contributed by atoms with Gasteiger partial charge in [-0.25, -0.2) is 0 Å². The summed E-state index contributed by atoms with van der Waals surface area (Å²) in [6.45, 7) is 21.9. The van der Waals surface area contributed by atoms with Gasteiger partial charge in [-0.3, -0.25) is 0 Å². The van der Waals surface area contributed by atoms with Crippen molar-refractivity contribution in [1.82, 2.24) is 9.80 Å². The normalized spacial score (nSPS) is 32.4. The molecule has 0 aromatic carbocycles. The monoisotopic (exact) mass is 276 g/mol. The molecule has 0 aromatic rings. The molecule has 114 valence electrons. The molecule has 0 spiro atoms. The Bertz CT molecular complexity index is 436. The summed E-state index contributed by atoms with van der Waals surface area (Å²) >= 11 is 0. The highest BCUT2D eigenvalue weighted by Crippen LogP contribution is 2.59. The second-order valence-electron chi connectivity index (χ2n) is 9.75. The van der Waals surface area contributed by atoms with Crippen LogP contribution in [0.2, 0.25) is 0 Å². The van der Waals surface area contributed by atoms with Crippen molar-refractivity contribution in [2.75, 3.05) is 13.1 Å². The summed E-state index contributed by atoms with van der Waals surface area (Å²) in [6.07, 6.45) is 2.53. The van der Waals surface area contributed by atoms with Crippen LogP contribution < -0.4 is 0 Å². The third-order valence-electron chi connectivity index (χ3n) is 5.80. The minimum atomic E-state index is 0.301. The molecule has 2 saturated heterocycles. The van der Waals surface area contributed by atoms with Crippen molar-refractivity contribution in [3.05, 3.63) is 11.4 Å². The Labute approximate surface area is 125 Å². The van der Waals surface area contributed by atoms with Gasteiger partial charge in [0.1, 0.15) is 0 Å². The van der Waals surface area contributed by atoms with Gasteiger partial charge >= 0.3 is 0 Å². The smallest absolute Gasteiger partial charge is 0.0396 e. The van der Waals surface area contributed by atoms with Crippen molar-refractivity contribution >= 4 is 0 Å². The number of rotatable bonds is 0. The molecular weight excluding hydrogens is 244 g/mol. The van der Waals surface area contributed by atoms with E-state index in [2.05, 4.69) is 65.2 Å². The standard InChI is InChI=1S/C18H32N2/c1-15(2)11-17(5,6)19-9-10-20-14(13(15)19)16(3,4)12-18(20,7)8/h9-12H2,1-8H3. The van der Waals surface area contributed by atoms with Crippen LogP contribution in [0.5, 0.6) is 0 Å². The average Bonchev–Trinajstić information content (AvgIpc) is 2.53. The van der Waals surface area contributed by atoms with Crippen molar-refractivity contribution in [2.24, 2.45) is 10.8 Å². The van der Waals surface area contributed by atoms with Crippen LogP contribution in [0, 0.1) is 10.8 Å². The van der Waals surface area contributed by atoms with E-state index in [-0.39, 0.29) is 0 Å². The van der Waals surface area contributed by atoms with Gasteiger partial charge in [0.2, 0.25) is 0 Å². The topological polar surface area (TPSA) is 6.48 Å². The molecule has 2 nitrogen and oxygen atoms in total. The number of nitrogens with zero attached hydrogens (tertiary/aromatic N) is 2. The largest absolute Gasteiger partial charge is 0.366 e. The van der Waals surface area contributed by atoms with Crippen LogP contribution in [0.4, 0.5) is 0 Å². The Hall–Kier alpha value is -0.660. The van der Waals surface area contributed by atoms with Gasteiger partial charge in [-0.05, 0) is 40.5 Å². The summed E-state index contributed by atoms with van der Waals surface area (Å²) in [7, 11) is 0. The molecule has 0 aromatic heterocycles. The summed E-state index contributed by atoms with van der Waals surface area (Å²) < 4.78 is 0. The molecular formula is C18H32N2. The van der Waals surface area contributed by atoms with Crippen LogP contribution in [-0.2, 0) is 0 Å². The molecule has 0 saturated carbocycles. The predicted octanol–water partition coefficient (Wildman–Crippen LogP) is 4.23. The van der Waals surface area contributed by atoms with E-state index in [4.69, 9.17) is 0 Å². The molecule has 3 rings (SSSR count). The van der Waals surface area contributed by atoms with Crippen LogP contribution in [-0.4, -0.2) is 34.0 Å². The fraction of sp³-hybridized carbons (Fsp3) is 0.889. The zero-order valence-electron chi connectivity index (χ0n) is 14.7. The third kappa shape index (κ3) is 1.69. The van der Waals surface area contributed by atoms with Gasteiger partial charge in [0, 0.05) is 46.4 Å². The zero-order valence-corrected chi connectivity index (χ0v) is 14.7. The van der Waals surface area contributed by atoms with E-state index in [1.165, 1.54) is 25.9 Å². The Kier molecular flexibility index (Phi) is 2.54. The quantitative estimate of drug-likeness (QED) is 0.653. The van der Waals surface area contributed by atoms with Crippen molar-refractivity contribution in [1.29, 1.82) is 0 Å². The van der Waals surface area contributed by atoms with Gasteiger partial charge in [-0.2, -0.15) is 0 Å². The van der Waals surface area contributed by atoms with E-state index in [1.807, 2.05) is 0 Å².